The van der Waals surface area contributed by atoms with E-state index < -0.39 is 5.60 Å². The number of benzene rings is 2. The van der Waals surface area contributed by atoms with Gasteiger partial charge in [-0.25, -0.2) is 0 Å². The molecule has 8 rings (SSSR count). The normalized spacial score (nSPS) is 45.2. The van der Waals surface area contributed by atoms with Crippen LogP contribution in [0.15, 0.2) is 60.7 Å². The average Bonchev–Trinajstić information content (AvgIpc) is 3.46. The van der Waals surface area contributed by atoms with Crippen LogP contribution < -0.4 is 0 Å². The second kappa shape index (κ2) is 12.9. The molecule has 47 heavy (non-hydrogen) atoms. The minimum Gasteiger partial charge on any atom is -0.393 e. The highest BCUT2D eigenvalue weighted by Crippen LogP contribution is 2.67. The molecule has 6 fully saturated rings. The monoisotopic (exact) mass is 639 g/mol. The fraction of sp³-hybridized carbons (Fsp3) is 0.721. The van der Waals surface area contributed by atoms with E-state index in [0.717, 1.165) is 51.5 Å². The summed E-state index contributed by atoms with van der Waals surface area (Å²) in [5.41, 5.74) is 2.47. The van der Waals surface area contributed by atoms with Gasteiger partial charge in [0.2, 0.25) is 0 Å². The third kappa shape index (κ3) is 5.85. The highest BCUT2D eigenvalue weighted by atomic mass is 16.3. The molecule has 0 radical (unpaired) electrons. The zero-order chi connectivity index (χ0) is 32.3. The third-order valence-electron chi connectivity index (χ3n) is 15.7. The van der Waals surface area contributed by atoms with E-state index in [0.29, 0.717) is 53.4 Å². The van der Waals surface area contributed by atoms with Crippen molar-refractivity contribution in [3.05, 3.63) is 71.8 Å². The highest BCUT2D eigenvalue weighted by Gasteiger charge is 2.64. The second-order valence-electron chi connectivity index (χ2n) is 17.9. The van der Waals surface area contributed by atoms with Crippen LogP contribution in [0.2, 0.25) is 0 Å². The predicted octanol–water partition coefficient (Wildman–Crippen LogP) is 7.86. The SMILES string of the molecule is CC1(O)C2CCC3C(CC4C3CC(O)C3CC(O)CCC34C)C2CN2CC(CCC(CCc3ccccc3)c3ccccc3)CCC21. The van der Waals surface area contributed by atoms with E-state index >= 15 is 0 Å². The van der Waals surface area contributed by atoms with E-state index in [2.05, 4.69) is 79.4 Å². The largest absolute Gasteiger partial charge is 0.393 e. The van der Waals surface area contributed by atoms with Crippen LogP contribution in [0.25, 0.3) is 0 Å². The van der Waals surface area contributed by atoms with Crippen LogP contribution in [-0.4, -0.2) is 57.2 Å². The van der Waals surface area contributed by atoms with Gasteiger partial charge in [0.1, 0.15) is 0 Å². The zero-order valence-electron chi connectivity index (χ0n) is 29.1. The minimum atomic E-state index is -0.615. The fourth-order valence-electron chi connectivity index (χ4n) is 13.4. The first kappa shape index (κ1) is 32.5. The van der Waals surface area contributed by atoms with E-state index in [1.165, 1.54) is 56.2 Å². The molecule has 0 bridgehead atoms. The molecule has 2 aromatic rings. The predicted molar refractivity (Wildman–Crippen MR) is 189 cm³/mol. The molecule has 4 aliphatic carbocycles. The Morgan fingerprint density at radius 2 is 1.49 bits per heavy atom. The summed E-state index contributed by atoms with van der Waals surface area (Å²) in [6.07, 6.45) is 14.1. The van der Waals surface area contributed by atoms with Gasteiger partial charge < -0.3 is 15.3 Å². The zero-order valence-corrected chi connectivity index (χ0v) is 29.1. The van der Waals surface area contributed by atoms with E-state index in [1.807, 2.05) is 0 Å². The molecule has 14 atom stereocenters. The summed E-state index contributed by atoms with van der Waals surface area (Å²) in [7, 11) is 0. The van der Waals surface area contributed by atoms with Crippen molar-refractivity contribution in [1.29, 1.82) is 0 Å². The molecule has 4 heteroatoms. The van der Waals surface area contributed by atoms with E-state index in [-0.39, 0.29) is 23.5 Å². The van der Waals surface area contributed by atoms with E-state index in [1.54, 1.807) is 0 Å². The van der Waals surface area contributed by atoms with Crippen LogP contribution in [0.4, 0.5) is 0 Å². The van der Waals surface area contributed by atoms with Crippen molar-refractivity contribution in [2.24, 2.45) is 52.8 Å². The van der Waals surface area contributed by atoms with E-state index in [4.69, 9.17) is 0 Å². The van der Waals surface area contributed by atoms with E-state index in [9.17, 15) is 15.3 Å². The Kier molecular flexibility index (Phi) is 8.89. The molecule has 0 spiro atoms. The van der Waals surface area contributed by atoms with Gasteiger partial charge >= 0.3 is 0 Å². The van der Waals surface area contributed by atoms with Crippen molar-refractivity contribution < 1.29 is 15.3 Å². The van der Waals surface area contributed by atoms with Crippen molar-refractivity contribution in [3.63, 3.8) is 0 Å². The van der Waals surface area contributed by atoms with Gasteiger partial charge in [0.25, 0.3) is 0 Å². The molecule has 0 aromatic heterocycles. The molecule has 6 aliphatic rings. The number of rotatable bonds is 7. The quantitative estimate of drug-likeness (QED) is 0.289. The van der Waals surface area contributed by atoms with Crippen molar-refractivity contribution in [1.82, 2.24) is 4.90 Å². The van der Waals surface area contributed by atoms with Crippen molar-refractivity contribution in [2.75, 3.05) is 13.1 Å². The summed E-state index contributed by atoms with van der Waals surface area (Å²) in [4.78, 5) is 2.78. The van der Waals surface area contributed by atoms with Gasteiger partial charge in [-0.1, -0.05) is 67.6 Å². The van der Waals surface area contributed by atoms with Crippen LogP contribution in [0.5, 0.6) is 0 Å². The maximum atomic E-state index is 12.4. The Morgan fingerprint density at radius 3 is 2.28 bits per heavy atom. The van der Waals surface area contributed by atoms with Gasteiger partial charge in [-0.05, 0) is 160 Å². The molecule has 14 unspecified atom stereocenters. The first-order valence-electron chi connectivity index (χ1n) is 19.6. The first-order chi connectivity index (χ1) is 22.7. The van der Waals surface area contributed by atoms with Crippen LogP contribution in [0, 0.1) is 52.8 Å². The Morgan fingerprint density at radius 1 is 0.723 bits per heavy atom. The molecule has 2 aromatic carbocycles. The molecule has 3 N–H and O–H groups in total. The summed E-state index contributed by atoms with van der Waals surface area (Å²) in [6.45, 7) is 7.00. The van der Waals surface area contributed by atoms with Gasteiger partial charge in [-0.2, -0.15) is 0 Å². The van der Waals surface area contributed by atoms with Crippen LogP contribution in [0.1, 0.15) is 108 Å². The molecule has 4 nitrogen and oxygen atoms in total. The van der Waals surface area contributed by atoms with Crippen molar-refractivity contribution in [3.8, 4) is 0 Å². The number of aliphatic hydroxyl groups excluding tert-OH is 2. The lowest BCUT2D eigenvalue weighted by Gasteiger charge is -2.60. The lowest BCUT2D eigenvalue weighted by Crippen LogP contribution is -2.67. The summed E-state index contributed by atoms with van der Waals surface area (Å²) >= 11 is 0. The maximum absolute atomic E-state index is 12.4. The molecule has 2 heterocycles. The van der Waals surface area contributed by atoms with Gasteiger partial charge in [0, 0.05) is 19.1 Å². The number of fused-ring (bicyclic) bond motifs is 8. The third-order valence-corrected chi connectivity index (χ3v) is 15.7. The van der Waals surface area contributed by atoms with Gasteiger partial charge in [0.05, 0.1) is 17.8 Å². The number of hydrogen-bond donors (Lipinski definition) is 3. The standard InChI is InChI=1S/C43H61NO3/c1-42-22-21-32(45)23-39(42)40(46)25-35-33-18-19-37-36(34(33)24-38(35)42)27-44-26-29(15-20-41(44)43(37,2)47)14-17-31(30-11-7-4-8-12-30)16-13-28-9-5-3-6-10-28/h3-12,29,31-41,45-47H,13-27H2,1-2H3. The first-order valence-corrected chi connectivity index (χ1v) is 19.6. The lowest BCUT2D eigenvalue weighted by atomic mass is 9.51. The number of nitrogens with zero attached hydrogens (tertiary/aromatic N) is 1. The summed E-state index contributed by atoms with van der Waals surface area (Å²) in [5.74, 6) is 5.18. The number of aryl methyl sites for hydroxylation is 1. The Balaban J connectivity index is 0.961. The second-order valence-corrected chi connectivity index (χ2v) is 17.9. The number of piperidine rings is 2. The number of aliphatic hydroxyl groups is 3. The van der Waals surface area contributed by atoms with Gasteiger partial charge in [0.15, 0.2) is 0 Å². The van der Waals surface area contributed by atoms with Gasteiger partial charge in [-0.3, -0.25) is 4.90 Å². The molecule has 4 saturated carbocycles. The number of hydrogen-bond acceptors (Lipinski definition) is 4. The topological polar surface area (TPSA) is 63.9 Å². The average molecular weight is 640 g/mol. The molecule has 2 saturated heterocycles. The fourth-order valence-corrected chi connectivity index (χ4v) is 13.4. The maximum Gasteiger partial charge on any atom is 0.0805 e. The molecular weight excluding hydrogens is 578 g/mol. The molecule has 256 valence electrons. The highest BCUT2D eigenvalue weighted by molar-refractivity contribution is 5.21. The Hall–Kier alpha value is -1.72. The van der Waals surface area contributed by atoms with Gasteiger partial charge in [-0.15, -0.1) is 0 Å². The van der Waals surface area contributed by atoms with Crippen molar-refractivity contribution in [2.45, 2.75) is 127 Å². The summed E-state index contributed by atoms with van der Waals surface area (Å²) in [5, 5.41) is 34.3. The van der Waals surface area contributed by atoms with Crippen LogP contribution in [-0.2, 0) is 6.42 Å². The summed E-state index contributed by atoms with van der Waals surface area (Å²) < 4.78 is 0. The molecular formula is C43H61NO3. The van der Waals surface area contributed by atoms with Crippen molar-refractivity contribution >= 4 is 0 Å². The smallest absolute Gasteiger partial charge is 0.0805 e. The Bertz CT molecular complexity index is 1350. The minimum absolute atomic E-state index is 0.153. The lowest BCUT2D eigenvalue weighted by molar-refractivity contribution is -0.177. The Labute approximate surface area is 284 Å². The summed E-state index contributed by atoms with van der Waals surface area (Å²) in [6, 6.07) is 22.5. The van der Waals surface area contributed by atoms with Crippen LogP contribution in [0.3, 0.4) is 0 Å². The van der Waals surface area contributed by atoms with Crippen LogP contribution >= 0.6 is 0 Å². The molecule has 2 aliphatic heterocycles. The molecule has 0 amide bonds.